The highest BCUT2D eigenvalue weighted by Crippen LogP contribution is 2.37. The van der Waals surface area contributed by atoms with Crippen molar-refractivity contribution in [2.24, 2.45) is 0 Å². The number of benzene rings is 2. The van der Waals surface area contributed by atoms with Crippen LogP contribution in [0.15, 0.2) is 56.6 Å². The number of fused-ring (bicyclic) bond motifs is 2. The molecule has 1 N–H and O–H groups in total. The van der Waals surface area contributed by atoms with Gasteiger partial charge in [0, 0.05) is 15.7 Å². The third-order valence-electron chi connectivity index (χ3n) is 4.22. The molecule has 1 unspecified atom stereocenters. The highest BCUT2D eigenvalue weighted by Gasteiger charge is 2.23. The summed E-state index contributed by atoms with van der Waals surface area (Å²) in [6.07, 6.45) is 0.824. The van der Waals surface area contributed by atoms with Gasteiger partial charge in [-0.1, -0.05) is 23.7 Å². The van der Waals surface area contributed by atoms with E-state index in [0.717, 1.165) is 22.6 Å². The van der Waals surface area contributed by atoms with Crippen LogP contribution in [0.1, 0.15) is 18.0 Å². The Hall–Kier alpha value is -2.18. The van der Waals surface area contributed by atoms with E-state index in [0.29, 0.717) is 16.1 Å². The first kappa shape index (κ1) is 16.3. The second-order valence-electron chi connectivity index (χ2n) is 5.86. The Labute approximate surface area is 153 Å². The van der Waals surface area contributed by atoms with E-state index >= 15 is 0 Å². The zero-order valence-electron chi connectivity index (χ0n) is 13.2. The minimum atomic E-state index is -0.529. The quantitative estimate of drug-likeness (QED) is 0.760. The fourth-order valence-corrected chi connectivity index (χ4v) is 4.35. The molecule has 0 saturated heterocycles. The molecule has 2 heterocycles. The number of nitrogens with zero attached hydrogens (tertiary/aromatic N) is 1. The number of rotatable bonds is 3. The molecule has 7 heteroatoms. The predicted octanol–water partition coefficient (Wildman–Crippen LogP) is 3.60. The fraction of sp³-hybridized carbons (Fsp3) is 0.222. The van der Waals surface area contributed by atoms with Crippen LogP contribution in [0.2, 0.25) is 5.02 Å². The molecule has 25 heavy (non-hydrogen) atoms. The summed E-state index contributed by atoms with van der Waals surface area (Å²) in [5, 5.41) is 3.67. The van der Waals surface area contributed by atoms with Crippen LogP contribution in [0.4, 0.5) is 0 Å². The lowest BCUT2D eigenvalue weighted by atomic mass is 10.0. The monoisotopic (exact) mass is 374 g/mol. The Morgan fingerprint density at radius 2 is 2.16 bits per heavy atom. The van der Waals surface area contributed by atoms with Gasteiger partial charge in [-0.2, -0.15) is 0 Å². The summed E-state index contributed by atoms with van der Waals surface area (Å²) < 4.78 is 6.52. The Morgan fingerprint density at radius 1 is 1.32 bits per heavy atom. The predicted molar refractivity (Wildman–Crippen MR) is 98.2 cm³/mol. The minimum Gasteiger partial charge on any atom is -0.408 e. The van der Waals surface area contributed by atoms with Gasteiger partial charge in [0.15, 0.2) is 5.58 Å². The van der Waals surface area contributed by atoms with E-state index in [4.69, 9.17) is 16.0 Å². The van der Waals surface area contributed by atoms with Crippen LogP contribution >= 0.6 is 23.4 Å². The van der Waals surface area contributed by atoms with Crippen LogP contribution < -0.4 is 11.1 Å². The van der Waals surface area contributed by atoms with Crippen molar-refractivity contribution in [1.29, 1.82) is 0 Å². The number of halogens is 1. The van der Waals surface area contributed by atoms with Gasteiger partial charge in [-0.25, -0.2) is 4.79 Å². The smallest absolute Gasteiger partial charge is 0.408 e. The van der Waals surface area contributed by atoms with E-state index < -0.39 is 5.76 Å². The first-order chi connectivity index (χ1) is 12.1. The van der Waals surface area contributed by atoms with Gasteiger partial charge in [-0.05, 0) is 42.3 Å². The Morgan fingerprint density at radius 3 is 3.04 bits per heavy atom. The lowest BCUT2D eigenvalue weighted by Crippen LogP contribution is -2.35. The van der Waals surface area contributed by atoms with Crippen molar-refractivity contribution in [3.8, 4) is 0 Å². The molecular weight excluding hydrogens is 360 g/mol. The zero-order chi connectivity index (χ0) is 17.4. The number of nitrogens with one attached hydrogen (secondary N) is 1. The topological polar surface area (TPSA) is 64.2 Å². The number of amides is 1. The van der Waals surface area contributed by atoms with Crippen LogP contribution in [0, 0.1) is 0 Å². The van der Waals surface area contributed by atoms with Crippen LogP contribution in [0.5, 0.6) is 0 Å². The summed E-state index contributed by atoms with van der Waals surface area (Å²) in [5.74, 6) is 0.171. The molecule has 128 valence electrons. The normalized spacial score (nSPS) is 16.6. The van der Waals surface area contributed by atoms with E-state index in [-0.39, 0.29) is 18.5 Å². The van der Waals surface area contributed by atoms with Gasteiger partial charge in [-0.15, -0.1) is 11.8 Å². The number of oxazole rings is 1. The van der Waals surface area contributed by atoms with Crippen LogP contribution in [-0.2, 0) is 11.3 Å². The first-order valence-corrected chi connectivity index (χ1v) is 9.28. The highest BCUT2D eigenvalue weighted by molar-refractivity contribution is 7.99. The average Bonchev–Trinajstić information content (AvgIpc) is 2.91. The summed E-state index contributed by atoms with van der Waals surface area (Å²) in [4.78, 5) is 25.7. The number of thioether (sulfide) groups is 1. The standard InChI is InChI=1S/C18H15ClN2O3S/c19-11-5-6-16-12(9-11)13(7-8-25-16)20-17(22)10-21-14-3-1-2-4-15(14)24-18(21)23/h1-6,9,13H,7-8,10H2,(H,20,22). The Balaban J connectivity index is 1.56. The molecule has 4 rings (SSSR count). The van der Waals surface area contributed by atoms with Crippen LogP contribution in [-0.4, -0.2) is 16.2 Å². The largest absolute Gasteiger partial charge is 0.420 e. The molecule has 3 aromatic rings. The summed E-state index contributed by atoms with van der Waals surface area (Å²) in [5.41, 5.74) is 2.12. The number of carbonyl (C=O) groups excluding carboxylic acids is 1. The second kappa shape index (κ2) is 6.61. The molecular formula is C18H15ClN2O3S. The Kier molecular flexibility index (Phi) is 4.31. The average molecular weight is 375 g/mol. The molecule has 0 spiro atoms. The molecule has 5 nitrogen and oxygen atoms in total. The summed E-state index contributed by atoms with van der Waals surface area (Å²) in [6.45, 7) is -0.0740. The van der Waals surface area contributed by atoms with Crippen LogP contribution in [0.3, 0.4) is 0 Å². The van der Waals surface area contributed by atoms with Crippen molar-refractivity contribution in [2.75, 3.05) is 5.75 Å². The van der Waals surface area contributed by atoms with Crippen LogP contribution in [0.25, 0.3) is 11.1 Å². The molecule has 0 bridgehead atoms. The molecule has 0 saturated carbocycles. The van der Waals surface area contributed by atoms with E-state index in [9.17, 15) is 9.59 Å². The maximum Gasteiger partial charge on any atom is 0.420 e. The van der Waals surface area contributed by atoms with E-state index in [1.165, 1.54) is 4.57 Å². The van der Waals surface area contributed by atoms with E-state index in [2.05, 4.69) is 5.32 Å². The maximum absolute atomic E-state index is 12.5. The molecule has 2 aromatic carbocycles. The third-order valence-corrected chi connectivity index (χ3v) is 5.58. The molecule has 1 aliphatic heterocycles. The van der Waals surface area contributed by atoms with Crippen molar-refractivity contribution in [3.05, 3.63) is 63.6 Å². The van der Waals surface area contributed by atoms with Gasteiger partial charge in [0.2, 0.25) is 5.91 Å². The third kappa shape index (κ3) is 3.19. The Bertz CT molecular complexity index is 1010. The van der Waals surface area contributed by atoms with Gasteiger partial charge in [0.25, 0.3) is 0 Å². The van der Waals surface area contributed by atoms with Gasteiger partial charge < -0.3 is 9.73 Å². The van der Waals surface area contributed by atoms with Crippen molar-refractivity contribution in [2.45, 2.75) is 23.9 Å². The molecule has 1 aliphatic rings. The highest BCUT2D eigenvalue weighted by atomic mass is 35.5. The number of hydrogen-bond donors (Lipinski definition) is 1. The van der Waals surface area contributed by atoms with Gasteiger partial charge >= 0.3 is 5.76 Å². The second-order valence-corrected chi connectivity index (χ2v) is 7.43. The molecule has 1 atom stereocenters. The van der Waals surface area contributed by atoms with E-state index in [1.54, 1.807) is 30.0 Å². The summed E-state index contributed by atoms with van der Waals surface area (Å²) in [7, 11) is 0. The molecule has 1 amide bonds. The van der Waals surface area contributed by atoms with Crippen molar-refractivity contribution in [3.63, 3.8) is 0 Å². The number of carbonyl (C=O) groups is 1. The lowest BCUT2D eigenvalue weighted by molar-refractivity contribution is -0.122. The molecule has 1 aromatic heterocycles. The van der Waals surface area contributed by atoms with Crippen molar-refractivity contribution in [1.82, 2.24) is 9.88 Å². The van der Waals surface area contributed by atoms with Crippen molar-refractivity contribution >= 4 is 40.4 Å². The SMILES string of the molecule is O=C(Cn1c(=O)oc2ccccc21)NC1CCSc2ccc(Cl)cc21. The molecule has 0 radical (unpaired) electrons. The maximum atomic E-state index is 12.5. The zero-order valence-corrected chi connectivity index (χ0v) is 14.8. The lowest BCUT2D eigenvalue weighted by Gasteiger charge is -2.26. The number of para-hydroxylation sites is 2. The summed E-state index contributed by atoms with van der Waals surface area (Å²) in [6, 6.07) is 12.7. The van der Waals surface area contributed by atoms with Crippen molar-refractivity contribution < 1.29 is 9.21 Å². The first-order valence-electron chi connectivity index (χ1n) is 7.92. The molecule has 0 fully saturated rings. The summed E-state index contributed by atoms with van der Waals surface area (Å²) >= 11 is 7.86. The number of aromatic nitrogens is 1. The van der Waals surface area contributed by atoms with Gasteiger partial charge in [0.1, 0.15) is 6.54 Å². The van der Waals surface area contributed by atoms with E-state index in [1.807, 2.05) is 24.3 Å². The molecule has 0 aliphatic carbocycles. The number of hydrogen-bond acceptors (Lipinski definition) is 4. The minimum absolute atomic E-state index is 0.0740. The fourth-order valence-electron chi connectivity index (χ4n) is 3.06. The van der Waals surface area contributed by atoms with Gasteiger partial charge in [-0.3, -0.25) is 9.36 Å². The van der Waals surface area contributed by atoms with Gasteiger partial charge in [0.05, 0.1) is 11.6 Å².